The van der Waals surface area contributed by atoms with Gasteiger partial charge in [-0.05, 0) is 50.9 Å². The molecule has 0 aromatic heterocycles. The van der Waals surface area contributed by atoms with Crippen molar-refractivity contribution >= 4 is 0 Å². The Labute approximate surface area is 93.8 Å². The Balaban J connectivity index is 1.94. The second-order valence-electron chi connectivity index (χ2n) is 5.16. The largest absolute Gasteiger partial charge is 0.0847 e. The molecule has 0 heteroatoms. The van der Waals surface area contributed by atoms with E-state index in [1.54, 1.807) is 11.1 Å². The highest BCUT2D eigenvalue weighted by atomic mass is 14.2. The van der Waals surface area contributed by atoms with E-state index in [1.165, 1.54) is 32.1 Å². The van der Waals surface area contributed by atoms with E-state index >= 15 is 0 Å². The molecule has 2 aliphatic carbocycles. The van der Waals surface area contributed by atoms with Crippen molar-refractivity contribution < 1.29 is 0 Å². The predicted molar refractivity (Wildman–Crippen MR) is 66.7 cm³/mol. The van der Waals surface area contributed by atoms with Crippen LogP contribution in [0.5, 0.6) is 0 Å². The number of allylic oxidation sites excluding steroid dienone is 6. The van der Waals surface area contributed by atoms with E-state index in [2.05, 4.69) is 38.2 Å². The molecule has 1 saturated carbocycles. The quantitative estimate of drug-likeness (QED) is 0.572. The van der Waals surface area contributed by atoms with E-state index in [1.807, 2.05) is 0 Å². The van der Waals surface area contributed by atoms with Crippen molar-refractivity contribution in [2.24, 2.45) is 11.8 Å². The van der Waals surface area contributed by atoms with Gasteiger partial charge in [-0.3, -0.25) is 0 Å². The fourth-order valence-electron chi connectivity index (χ4n) is 2.42. The van der Waals surface area contributed by atoms with Crippen LogP contribution >= 0.6 is 0 Å². The zero-order valence-corrected chi connectivity index (χ0v) is 10.00. The van der Waals surface area contributed by atoms with E-state index in [-0.39, 0.29) is 0 Å². The maximum atomic E-state index is 2.50. The zero-order chi connectivity index (χ0) is 10.7. The minimum absolute atomic E-state index is 0.739. The summed E-state index contributed by atoms with van der Waals surface area (Å²) < 4.78 is 0. The van der Waals surface area contributed by atoms with Crippen LogP contribution in [-0.2, 0) is 0 Å². The highest BCUT2D eigenvalue weighted by Gasteiger charge is 2.15. The van der Waals surface area contributed by atoms with Gasteiger partial charge >= 0.3 is 0 Å². The summed E-state index contributed by atoms with van der Waals surface area (Å²) in [6.45, 7) is 4.61. The first-order valence-electron chi connectivity index (χ1n) is 6.28. The lowest BCUT2D eigenvalue weighted by Gasteiger charge is -2.20. The Hall–Kier alpha value is -0.780. The Morgan fingerprint density at radius 1 is 1.40 bits per heavy atom. The third-order valence-electron chi connectivity index (χ3n) is 3.79. The third kappa shape index (κ3) is 2.84. The summed E-state index contributed by atoms with van der Waals surface area (Å²) in [4.78, 5) is 0. The van der Waals surface area contributed by atoms with Gasteiger partial charge in [0, 0.05) is 0 Å². The third-order valence-corrected chi connectivity index (χ3v) is 3.79. The molecule has 82 valence electrons. The Morgan fingerprint density at radius 3 is 2.87 bits per heavy atom. The monoisotopic (exact) mass is 202 g/mol. The van der Waals surface area contributed by atoms with Crippen LogP contribution in [0.4, 0.5) is 0 Å². The number of hydrogen-bond acceptors (Lipinski definition) is 0. The van der Waals surface area contributed by atoms with Crippen molar-refractivity contribution in [1.29, 1.82) is 0 Å². The standard InChI is InChI=1S/C15H22/c1-12-5-3-6-13(2)15(11-12)10-9-14-7-4-8-14/h3,5-6,9,12,15H,4,7-8,10-11H2,1-2H3. The van der Waals surface area contributed by atoms with Gasteiger partial charge in [-0.25, -0.2) is 0 Å². The van der Waals surface area contributed by atoms with Crippen LogP contribution in [0.15, 0.2) is 35.5 Å². The molecule has 2 atom stereocenters. The summed E-state index contributed by atoms with van der Waals surface area (Å²) in [5.74, 6) is 1.52. The van der Waals surface area contributed by atoms with Crippen LogP contribution in [0, 0.1) is 11.8 Å². The molecule has 0 heterocycles. The average Bonchev–Trinajstić information content (AvgIpc) is 2.27. The maximum absolute atomic E-state index is 2.50. The summed E-state index contributed by atoms with van der Waals surface area (Å²) >= 11 is 0. The summed E-state index contributed by atoms with van der Waals surface area (Å²) in [7, 11) is 0. The number of rotatable bonds is 2. The molecule has 0 bridgehead atoms. The molecule has 0 radical (unpaired) electrons. The Kier molecular flexibility index (Phi) is 3.45. The van der Waals surface area contributed by atoms with E-state index < -0.39 is 0 Å². The Morgan fingerprint density at radius 2 is 2.20 bits per heavy atom. The molecular weight excluding hydrogens is 180 g/mol. The van der Waals surface area contributed by atoms with Crippen molar-refractivity contribution in [2.45, 2.75) is 46.0 Å². The molecule has 2 aliphatic rings. The van der Waals surface area contributed by atoms with Gasteiger partial charge in [0.05, 0.1) is 0 Å². The van der Waals surface area contributed by atoms with E-state index in [4.69, 9.17) is 0 Å². The van der Waals surface area contributed by atoms with Crippen LogP contribution in [0.1, 0.15) is 46.0 Å². The van der Waals surface area contributed by atoms with Crippen molar-refractivity contribution in [1.82, 2.24) is 0 Å². The Bertz CT molecular complexity index is 298. The second kappa shape index (κ2) is 4.83. The highest BCUT2D eigenvalue weighted by molar-refractivity contribution is 5.19. The van der Waals surface area contributed by atoms with Crippen molar-refractivity contribution in [3.63, 3.8) is 0 Å². The van der Waals surface area contributed by atoms with Crippen LogP contribution < -0.4 is 0 Å². The molecule has 15 heavy (non-hydrogen) atoms. The van der Waals surface area contributed by atoms with Crippen LogP contribution in [-0.4, -0.2) is 0 Å². The molecule has 0 aromatic rings. The predicted octanol–water partition coefficient (Wildman–Crippen LogP) is 4.65. The molecular formula is C15H22. The minimum Gasteiger partial charge on any atom is -0.0847 e. The van der Waals surface area contributed by atoms with Crippen LogP contribution in [0.25, 0.3) is 0 Å². The molecule has 0 saturated heterocycles. The second-order valence-corrected chi connectivity index (χ2v) is 5.16. The summed E-state index contributed by atoms with van der Waals surface area (Å²) in [5.41, 5.74) is 3.26. The van der Waals surface area contributed by atoms with Gasteiger partial charge in [0.2, 0.25) is 0 Å². The van der Waals surface area contributed by atoms with E-state index in [9.17, 15) is 0 Å². The summed E-state index contributed by atoms with van der Waals surface area (Å²) in [6, 6.07) is 0. The van der Waals surface area contributed by atoms with Gasteiger partial charge in [0.15, 0.2) is 0 Å². The fourth-order valence-corrected chi connectivity index (χ4v) is 2.42. The zero-order valence-electron chi connectivity index (χ0n) is 10.00. The number of hydrogen-bond donors (Lipinski definition) is 0. The maximum Gasteiger partial charge on any atom is -0.0163 e. The van der Waals surface area contributed by atoms with E-state index in [0.717, 1.165) is 11.8 Å². The minimum atomic E-state index is 0.739. The first-order chi connectivity index (χ1) is 7.25. The van der Waals surface area contributed by atoms with Gasteiger partial charge in [-0.1, -0.05) is 42.4 Å². The van der Waals surface area contributed by atoms with Crippen LogP contribution in [0.2, 0.25) is 0 Å². The van der Waals surface area contributed by atoms with Gasteiger partial charge in [-0.2, -0.15) is 0 Å². The van der Waals surface area contributed by atoms with Gasteiger partial charge < -0.3 is 0 Å². The molecule has 1 fully saturated rings. The normalized spacial score (nSPS) is 30.5. The molecule has 0 aromatic carbocycles. The molecule has 0 aliphatic heterocycles. The van der Waals surface area contributed by atoms with Crippen molar-refractivity contribution in [2.75, 3.05) is 0 Å². The van der Waals surface area contributed by atoms with E-state index in [0.29, 0.717) is 0 Å². The smallest absolute Gasteiger partial charge is 0.0163 e. The molecule has 0 spiro atoms. The van der Waals surface area contributed by atoms with Crippen molar-refractivity contribution in [3.8, 4) is 0 Å². The fraction of sp³-hybridized carbons (Fsp3) is 0.600. The first-order valence-corrected chi connectivity index (χ1v) is 6.28. The first kappa shape index (κ1) is 10.7. The van der Waals surface area contributed by atoms with Gasteiger partial charge in [-0.15, -0.1) is 0 Å². The molecule has 0 amide bonds. The lowest BCUT2D eigenvalue weighted by Crippen LogP contribution is -2.06. The molecule has 2 rings (SSSR count). The van der Waals surface area contributed by atoms with Gasteiger partial charge in [0.25, 0.3) is 0 Å². The van der Waals surface area contributed by atoms with Gasteiger partial charge in [0.1, 0.15) is 0 Å². The molecule has 2 unspecified atom stereocenters. The lowest BCUT2D eigenvalue weighted by atomic mass is 9.85. The molecule has 0 nitrogen and oxygen atoms in total. The summed E-state index contributed by atoms with van der Waals surface area (Å²) in [5, 5.41) is 0. The summed E-state index contributed by atoms with van der Waals surface area (Å²) in [6.07, 6.45) is 16.1. The molecule has 0 N–H and O–H groups in total. The topological polar surface area (TPSA) is 0 Å². The highest BCUT2D eigenvalue weighted by Crippen LogP contribution is 2.31. The average molecular weight is 202 g/mol. The lowest BCUT2D eigenvalue weighted by molar-refractivity contribution is 0.492. The SMILES string of the molecule is CC1=CC=CC(C)CC1CC=C1CCC1. The van der Waals surface area contributed by atoms with Crippen molar-refractivity contribution in [3.05, 3.63) is 35.5 Å². The van der Waals surface area contributed by atoms with Crippen LogP contribution in [0.3, 0.4) is 0 Å².